The number of benzene rings is 1. The zero-order valence-corrected chi connectivity index (χ0v) is 8.58. The highest BCUT2D eigenvalue weighted by molar-refractivity contribution is 5.78. The van der Waals surface area contributed by atoms with Crippen molar-refractivity contribution in [2.24, 2.45) is 5.92 Å². The van der Waals surface area contributed by atoms with Crippen molar-refractivity contribution in [3.05, 3.63) is 29.6 Å². The predicted octanol–water partition coefficient (Wildman–Crippen LogP) is 2.03. The zero-order chi connectivity index (χ0) is 12.2. The van der Waals surface area contributed by atoms with Gasteiger partial charge in [-0.15, -0.1) is 0 Å². The highest BCUT2D eigenvalue weighted by atomic mass is 19.1. The Morgan fingerprint density at radius 1 is 1.47 bits per heavy atom. The molecule has 0 spiro atoms. The van der Waals surface area contributed by atoms with Crippen LogP contribution in [-0.4, -0.2) is 21.0 Å². The van der Waals surface area contributed by atoms with Gasteiger partial charge in [0.05, 0.1) is 11.4 Å². The van der Waals surface area contributed by atoms with Crippen LogP contribution in [0.5, 0.6) is 0 Å². The normalized spacial score (nSPS) is 22.9. The van der Waals surface area contributed by atoms with E-state index in [-0.39, 0.29) is 17.0 Å². The Bertz CT molecular complexity index is 623. The van der Waals surface area contributed by atoms with Crippen LogP contribution in [0.1, 0.15) is 18.2 Å². The number of imidazole rings is 1. The largest absolute Gasteiger partial charge is 0.481 e. The number of carboxylic acids is 1. The van der Waals surface area contributed by atoms with Crippen LogP contribution in [0, 0.1) is 17.6 Å². The van der Waals surface area contributed by atoms with E-state index in [9.17, 15) is 13.6 Å². The third kappa shape index (κ3) is 1.56. The molecule has 1 saturated carbocycles. The summed E-state index contributed by atoms with van der Waals surface area (Å²) in [4.78, 5) is 17.5. The van der Waals surface area contributed by atoms with E-state index in [4.69, 9.17) is 5.11 Å². The maximum atomic E-state index is 13.4. The monoisotopic (exact) mass is 238 g/mol. The van der Waals surface area contributed by atoms with Crippen LogP contribution in [0.2, 0.25) is 0 Å². The molecule has 0 aliphatic heterocycles. The Labute approximate surface area is 94.3 Å². The van der Waals surface area contributed by atoms with Gasteiger partial charge in [0.2, 0.25) is 0 Å². The fourth-order valence-electron chi connectivity index (χ4n) is 2.01. The highest BCUT2D eigenvalue weighted by Crippen LogP contribution is 2.46. The molecular weight excluding hydrogens is 230 g/mol. The summed E-state index contributed by atoms with van der Waals surface area (Å²) in [6.07, 6.45) is 0.485. The number of aliphatic carboxylic acids is 1. The summed E-state index contributed by atoms with van der Waals surface area (Å²) in [5, 5.41) is 8.78. The molecule has 6 heteroatoms. The van der Waals surface area contributed by atoms with Gasteiger partial charge in [-0.3, -0.25) is 4.79 Å². The van der Waals surface area contributed by atoms with E-state index in [1.807, 2.05) is 0 Å². The van der Waals surface area contributed by atoms with Crippen LogP contribution in [0.25, 0.3) is 11.0 Å². The first-order valence-electron chi connectivity index (χ1n) is 5.13. The standard InChI is InChI=1S/C11H8F2N2O2/c12-4-1-7(13)9-8(2-4)14-10(15-9)5-3-6(5)11(16)17/h1-2,5-6H,3H2,(H,14,15)(H,16,17). The quantitative estimate of drug-likeness (QED) is 0.841. The van der Waals surface area contributed by atoms with Gasteiger partial charge >= 0.3 is 5.97 Å². The van der Waals surface area contributed by atoms with Crippen molar-refractivity contribution in [1.82, 2.24) is 9.97 Å². The lowest BCUT2D eigenvalue weighted by Crippen LogP contribution is -1.99. The van der Waals surface area contributed by atoms with E-state index < -0.39 is 23.5 Å². The van der Waals surface area contributed by atoms with Crippen molar-refractivity contribution in [2.45, 2.75) is 12.3 Å². The number of carboxylic acid groups (broad SMARTS) is 1. The number of H-pyrrole nitrogens is 1. The molecule has 2 N–H and O–H groups in total. The van der Waals surface area contributed by atoms with Gasteiger partial charge in [0.25, 0.3) is 0 Å². The van der Waals surface area contributed by atoms with Crippen molar-refractivity contribution in [1.29, 1.82) is 0 Å². The summed E-state index contributed by atoms with van der Waals surface area (Å²) in [6.45, 7) is 0. The van der Waals surface area contributed by atoms with Crippen LogP contribution < -0.4 is 0 Å². The molecule has 1 aromatic carbocycles. The number of nitrogens with one attached hydrogen (secondary N) is 1. The van der Waals surface area contributed by atoms with E-state index in [0.717, 1.165) is 12.1 Å². The molecule has 0 radical (unpaired) electrons. The van der Waals surface area contributed by atoms with E-state index in [0.29, 0.717) is 12.2 Å². The SMILES string of the molecule is O=C(O)C1CC1c1nc2c(F)cc(F)cc2[nH]1. The number of nitrogens with zero attached hydrogens (tertiary/aromatic N) is 1. The number of fused-ring (bicyclic) bond motifs is 1. The van der Waals surface area contributed by atoms with E-state index in [1.54, 1.807) is 0 Å². The van der Waals surface area contributed by atoms with Gasteiger partial charge in [-0.1, -0.05) is 0 Å². The molecule has 0 bridgehead atoms. The minimum atomic E-state index is -0.887. The van der Waals surface area contributed by atoms with Gasteiger partial charge in [-0.25, -0.2) is 13.8 Å². The molecule has 2 aromatic rings. The second-order valence-electron chi connectivity index (χ2n) is 4.19. The topological polar surface area (TPSA) is 66.0 Å². The van der Waals surface area contributed by atoms with Crippen molar-refractivity contribution in [2.75, 3.05) is 0 Å². The smallest absolute Gasteiger partial charge is 0.307 e. The summed E-state index contributed by atoms with van der Waals surface area (Å²) in [5.41, 5.74) is 0.311. The molecule has 1 fully saturated rings. The van der Waals surface area contributed by atoms with Gasteiger partial charge < -0.3 is 10.1 Å². The van der Waals surface area contributed by atoms with Crippen molar-refractivity contribution in [3.63, 3.8) is 0 Å². The number of rotatable bonds is 2. The molecule has 2 atom stereocenters. The molecule has 1 heterocycles. The fraction of sp³-hybridized carbons (Fsp3) is 0.273. The first kappa shape index (κ1) is 10.2. The minimum Gasteiger partial charge on any atom is -0.481 e. The second kappa shape index (κ2) is 3.26. The first-order valence-corrected chi connectivity index (χ1v) is 5.13. The van der Waals surface area contributed by atoms with E-state index >= 15 is 0 Å². The molecule has 3 rings (SSSR count). The molecule has 2 unspecified atom stereocenters. The highest BCUT2D eigenvalue weighted by Gasteiger charge is 2.46. The Balaban J connectivity index is 2.03. The summed E-state index contributed by atoms with van der Waals surface area (Å²) in [5.74, 6) is -2.59. The summed E-state index contributed by atoms with van der Waals surface area (Å²) in [7, 11) is 0. The Morgan fingerprint density at radius 2 is 2.24 bits per heavy atom. The van der Waals surface area contributed by atoms with Gasteiger partial charge in [0, 0.05) is 12.0 Å². The summed E-state index contributed by atoms with van der Waals surface area (Å²) < 4.78 is 26.3. The number of hydrogen-bond donors (Lipinski definition) is 2. The molecule has 1 aliphatic rings. The number of aromatic amines is 1. The van der Waals surface area contributed by atoms with Crippen LogP contribution in [0.3, 0.4) is 0 Å². The molecule has 1 aromatic heterocycles. The molecule has 0 saturated heterocycles. The van der Waals surface area contributed by atoms with Crippen LogP contribution >= 0.6 is 0 Å². The predicted molar refractivity (Wildman–Crippen MR) is 54.5 cm³/mol. The maximum absolute atomic E-state index is 13.4. The summed E-state index contributed by atoms with van der Waals surface area (Å²) in [6, 6.07) is 1.90. The van der Waals surface area contributed by atoms with Crippen LogP contribution in [0.4, 0.5) is 8.78 Å². The Kier molecular flexibility index (Phi) is 1.95. The minimum absolute atomic E-state index is 0.0532. The molecular formula is C11H8F2N2O2. The van der Waals surface area contributed by atoms with E-state index in [1.165, 1.54) is 0 Å². The number of carbonyl (C=O) groups is 1. The van der Waals surface area contributed by atoms with Gasteiger partial charge in [0.15, 0.2) is 5.82 Å². The zero-order valence-electron chi connectivity index (χ0n) is 8.58. The molecule has 88 valence electrons. The van der Waals surface area contributed by atoms with Crippen LogP contribution in [0.15, 0.2) is 12.1 Å². The van der Waals surface area contributed by atoms with Gasteiger partial charge in [-0.05, 0) is 12.5 Å². The third-order valence-corrected chi connectivity index (χ3v) is 2.98. The third-order valence-electron chi connectivity index (χ3n) is 2.98. The van der Waals surface area contributed by atoms with Crippen molar-refractivity contribution >= 4 is 17.0 Å². The molecule has 1 aliphatic carbocycles. The maximum Gasteiger partial charge on any atom is 0.307 e. The Morgan fingerprint density at radius 3 is 2.88 bits per heavy atom. The number of halogens is 2. The summed E-state index contributed by atoms with van der Waals surface area (Å²) >= 11 is 0. The van der Waals surface area contributed by atoms with Crippen molar-refractivity contribution in [3.8, 4) is 0 Å². The fourth-order valence-corrected chi connectivity index (χ4v) is 2.01. The second-order valence-corrected chi connectivity index (χ2v) is 4.19. The lowest BCUT2D eigenvalue weighted by molar-refractivity contribution is -0.138. The molecule has 17 heavy (non-hydrogen) atoms. The molecule has 0 amide bonds. The lowest BCUT2D eigenvalue weighted by atomic mass is 10.3. The van der Waals surface area contributed by atoms with Gasteiger partial charge in [0.1, 0.15) is 17.2 Å². The van der Waals surface area contributed by atoms with E-state index in [2.05, 4.69) is 9.97 Å². The number of hydrogen-bond acceptors (Lipinski definition) is 2. The van der Waals surface area contributed by atoms with Crippen molar-refractivity contribution < 1.29 is 18.7 Å². The average Bonchev–Trinajstić information content (AvgIpc) is 2.93. The van der Waals surface area contributed by atoms with Crippen LogP contribution in [-0.2, 0) is 4.79 Å². The van der Waals surface area contributed by atoms with Gasteiger partial charge in [-0.2, -0.15) is 0 Å². The average molecular weight is 238 g/mol. The first-order chi connectivity index (χ1) is 8.06. The molecule has 4 nitrogen and oxygen atoms in total. The number of aromatic nitrogens is 2. The lowest BCUT2D eigenvalue weighted by Gasteiger charge is -1.90. The Hall–Kier alpha value is -1.98.